The lowest BCUT2D eigenvalue weighted by atomic mass is 9.88. The van der Waals surface area contributed by atoms with E-state index in [9.17, 15) is 18.3 Å². The Morgan fingerprint density at radius 3 is 2.58 bits per heavy atom. The highest BCUT2D eigenvalue weighted by atomic mass is 32.2. The number of rotatable bonds is 6. The van der Waals surface area contributed by atoms with Crippen LogP contribution in [0, 0.1) is 0 Å². The van der Waals surface area contributed by atoms with E-state index in [-0.39, 0.29) is 11.3 Å². The molecule has 134 valence electrons. The van der Waals surface area contributed by atoms with Crippen molar-refractivity contribution in [2.75, 3.05) is 12.3 Å². The number of ether oxygens (including phenoxy) is 1. The van der Waals surface area contributed by atoms with Crippen LogP contribution in [0.2, 0.25) is 0 Å². The van der Waals surface area contributed by atoms with Crippen LogP contribution >= 0.6 is 0 Å². The first-order chi connectivity index (χ1) is 11.1. The highest BCUT2D eigenvalue weighted by molar-refractivity contribution is 7.89. The van der Waals surface area contributed by atoms with E-state index in [0.717, 1.165) is 0 Å². The van der Waals surface area contributed by atoms with E-state index < -0.39 is 27.6 Å². The number of aromatic carboxylic acids is 1. The predicted molar refractivity (Wildman–Crippen MR) is 91.9 cm³/mol. The number of nitrogens with zero attached hydrogens (tertiary/aromatic N) is 1. The van der Waals surface area contributed by atoms with Gasteiger partial charge in [0.1, 0.15) is 11.4 Å². The molecule has 1 aliphatic heterocycles. The third kappa shape index (κ3) is 3.72. The Kier molecular flexibility index (Phi) is 5.25. The molecule has 1 unspecified atom stereocenters. The van der Waals surface area contributed by atoms with Crippen LogP contribution in [0.25, 0.3) is 0 Å². The fourth-order valence-electron chi connectivity index (χ4n) is 3.08. The van der Waals surface area contributed by atoms with Gasteiger partial charge in [0.25, 0.3) is 0 Å². The summed E-state index contributed by atoms with van der Waals surface area (Å²) in [6.45, 7) is 7.77. The van der Waals surface area contributed by atoms with Crippen LogP contribution in [-0.2, 0) is 10.0 Å². The maximum absolute atomic E-state index is 12.6. The van der Waals surface area contributed by atoms with Crippen LogP contribution in [0.5, 0.6) is 5.75 Å². The first kappa shape index (κ1) is 18.7. The zero-order chi connectivity index (χ0) is 18.1. The highest BCUT2D eigenvalue weighted by Gasteiger charge is 2.40. The van der Waals surface area contributed by atoms with Crippen molar-refractivity contribution in [3.63, 3.8) is 0 Å². The zero-order valence-electron chi connectivity index (χ0n) is 14.6. The van der Waals surface area contributed by atoms with Gasteiger partial charge in [0.15, 0.2) is 0 Å². The number of hydrogen-bond acceptors (Lipinski definition) is 4. The molecule has 0 aliphatic carbocycles. The second-order valence-electron chi connectivity index (χ2n) is 6.65. The first-order valence-corrected chi connectivity index (χ1v) is 9.78. The minimum atomic E-state index is -3.42. The summed E-state index contributed by atoms with van der Waals surface area (Å²) in [4.78, 5) is 11.3. The lowest BCUT2D eigenvalue weighted by Crippen LogP contribution is -2.44. The van der Waals surface area contributed by atoms with Gasteiger partial charge in [0, 0.05) is 18.5 Å². The molecule has 1 N–H and O–H groups in total. The van der Waals surface area contributed by atoms with Gasteiger partial charge in [-0.2, -0.15) is 4.31 Å². The van der Waals surface area contributed by atoms with Crippen LogP contribution in [0.4, 0.5) is 0 Å². The molecule has 24 heavy (non-hydrogen) atoms. The number of carboxylic acid groups (broad SMARTS) is 1. The Morgan fingerprint density at radius 1 is 1.38 bits per heavy atom. The minimum absolute atomic E-state index is 0.0126. The summed E-state index contributed by atoms with van der Waals surface area (Å²) in [7, 11) is -3.42. The second-order valence-corrected chi connectivity index (χ2v) is 8.86. The topological polar surface area (TPSA) is 83.9 Å². The van der Waals surface area contributed by atoms with Crippen LogP contribution in [0.1, 0.15) is 62.5 Å². The zero-order valence-corrected chi connectivity index (χ0v) is 15.4. The molecule has 0 aromatic heterocycles. The minimum Gasteiger partial charge on any atom is -0.487 e. The van der Waals surface area contributed by atoms with Crippen LogP contribution < -0.4 is 4.74 Å². The Hall–Kier alpha value is -1.60. The summed E-state index contributed by atoms with van der Waals surface area (Å²) >= 11 is 0. The number of hydrogen-bond donors (Lipinski definition) is 1. The van der Waals surface area contributed by atoms with Crippen molar-refractivity contribution in [2.24, 2.45) is 0 Å². The van der Waals surface area contributed by atoms with Gasteiger partial charge in [0.2, 0.25) is 10.0 Å². The summed E-state index contributed by atoms with van der Waals surface area (Å²) < 4.78 is 32.6. The number of carbonyl (C=O) groups is 1. The Labute approximate surface area is 143 Å². The number of fused-ring (bicyclic) bond motifs is 1. The molecule has 0 bridgehead atoms. The average molecular weight is 355 g/mol. The number of carboxylic acids is 1. The van der Waals surface area contributed by atoms with Gasteiger partial charge in [-0.25, -0.2) is 13.2 Å². The third-order valence-electron chi connectivity index (χ3n) is 4.20. The van der Waals surface area contributed by atoms with Gasteiger partial charge in [-0.15, -0.1) is 0 Å². The van der Waals surface area contributed by atoms with E-state index in [4.69, 9.17) is 4.74 Å². The van der Waals surface area contributed by atoms with Crippen molar-refractivity contribution in [1.82, 2.24) is 4.31 Å². The van der Waals surface area contributed by atoms with Crippen molar-refractivity contribution in [3.05, 3.63) is 29.3 Å². The quantitative estimate of drug-likeness (QED) is 0.848. The van der Waals surface area contributed by atoms with Crippen molar-refractivity contribution in [3.8, 4) is 5.75 Å². The highest BCUT2D eigenvalue weighted by Crippen LogP contribution is 2.44. The molecule has 0 saturated carbocycles. The Bertz CT molecular complexity index is 726. The Balaban J connectivity index is 2.60. The van der Waals surface area contributed by atoms with E-state index in [1.54, 1.807) is 13.0 Å². The van der Waals surface area contributed by atoms with Crippen molar-refractivity contribution < 1.29 is 23.1 Å². The van der Waals surface area contributed by atoms with Crippen LogP contribution in [-0.4, -0.2) is 41.7 Å². The molecule has 0 fully saturated rings. The van der Waals surface area contributed by atoms with E-state index in [1.165, 1.54) is 16.4 Å². The molecular weight excluding hydrogens is 330 g/mol. The fourth-order valence-corrected chi connectivity index (χ4v) is 4.45. The fraction of sp³-hybridized carbons (Fsp3) is 0.588. The summed E-state index contributed by atoms with van der Waals surface area (Å²) in [6, 6.07) is 4.21. The van der Waals surface area contributed by atoms with Gasteiger partial charge < -0.3 is 9.84 Å². The Morgan fingerprint density at radius 2 is 2.04 bits per heavy atom. The summed E-state index contributed by atoms with van der Waals surface area (Å²) in [6.07, 6.45) is 1.16. The van der Waals surface area contributed by atoms with Crippen LogP contribution in [0.3, 0.4) is 0 Å². The summed E-state index contributed by atoms with van der Waals surface area (Å²) in [5.41, 5.74) is 0.226. The molecule has 2 rings (SSSR count). The maximum atomic E-state index is 12.6. The van der Waals surface area contributed by atoms with E-state index in [0.29, 0.717) is 30.7 Å². The molecule has 1 heterocycles. The van der Waals surface area contributed by atoms with E-state index >= 15 is 0 Å². The monoisotopic (exact) mass is 355 g/mol. The lowest BCUT2D eigenvalue weighted by molar-refractivity contribution is 0.0501. The van der Waals surface area contributed by atoms with Gasteiger partial charge in [-0.1, -0.05) is 6.92 Å². The second kappa shape index (κ2) is 6.72. The number of benzene rings is 1. The van der Waals surface area contributed by atoms with Gasteiger partial charge in [0.05, 0.1) is 17.4 Å². The lowest BCUT2D eigenvalue weighted by Gasteiger charge is -2.42. The molecule has 0 saturated heterocycles. The largest absolute Gasteiger partial charge is 0.487 e. The predicted octanol–water partition coefficient (Wildman–Crippen LogP) is 3.05. The van der Waals surface area contributed by atoms with Crippen molar-refractivity contribution in [2.45, 2.75) is 52.2 Å². The smallest absolute Gasteiger partial charge is 0.335 e. The standard InChI is InChI=1S/C17H25NO5S/c1-5-9-18(24(21,22)6-2)14-11-17(3,4)23-15-8-7-12(16(19)20)10-13(14)15/h7-8,10,14H,5-6,9,11H2,1-4H3,(H,19,20). The van der Waals surface area contributed by atoms with Gasteiger partial charge >= 0.3 is 5.97 Å². The molecule has 6 nitrogen and oxygen atoms in total. The van der Waals surface area contributed by atoms with Crippen molar-refractivity contribution in [1.29, 1.82) is 0 Å². The number of sulfonamides is 1. The molecule has 1 aromatic carbocycles. The molecule has 0 amide bonds. The summed E-state index contributed by atoms with van der Waals surface area (Å²) in [5, 5.41) is 9.25. The molecule has 7 heteroatoms. The van der Waals surface area contributed by atoms with Crippen LogP contribution in [0.15, 0.2) is 18.2 Å². The molecule has 1 aliphatic rings. The van der Waals surface area contributed by atoms with E-state index in [2.05, 4.69) is 0 Å². The third-order valence-corrected chi connectivity index (χ3v) is 6.08. The molecule has 1 aromatic rings. The SMILES string of the molecule is CCCN(C1CC(C)(C)Oc2ccc(C(=O)O)cc21)S(=O)(=O)CC. The van der Waals surface area contributed by atoms with Crippen molar-refractivity contribution >= 4 is 16.0 Å². The molecule has 0 spiro atoms. The normalized spacial score (nSPS) is 19.6. The van der Waals surface area contributed by atoms with Gasteiger partial charge in [-0.3, -0.25) is 0 Å². The van der Waals surface area contributed by atoms with Gasteiger partial charge in [-0.05, 0) is 45.4 Å². The maximum Gasteiger partial charge on any atom is 0.335 e. The average Bonchev–Trinajstić information content (AvgIpc) is 2.50. The molecule has 1 atom stereocenters. The molecular formula is C17H25NO5S. The summed E-state index contributed by atoms with van der Waals surface area (Å²) in [5.74, 6) is -0.478. The molecule has 0 radical (unpaired) electrons. The van der Waals surface area contributed by atoms with E-state index in [1.807, 2.05) is 20.8 Å². The first-order valence-electron chi connectivity index (χ1n) is 8.17.